The van der Waals surface area contributed by atoms with Crippen LogP contribution >= 0.6 is 0 Å². The first kappa shape index (κ1) is 13.5. The summed E-state index contributed by atoms with van der Waals surface area (Å²) < 4.78 is 13.1. The molecule has 2 heterocycles. The lowest BCUT2D eigenvalue weighted by Crippen LogP contribution is -2.28. The highest BCUT2D eigenvalue weighted by Gasteiger charge is 2.20. The SMILES string of the molecule is O=C(c1cnc(Nc2cccc(F)c2)cn1)N1CCCC1. The molecule has 0 unspecified atom stereocenters. The summed E-state index contributed by atoms with van der Waals surface area (Å²) in [6.07, 6.45) is 5.01. The van der Waals surface area contributed by atoms with Gasteiger partial charge >= 0.3 is 0 Å². The molecule has 21 heavy (non-hydrogen) atoms. The molecule has 1 aliphatic heterocycles. The first-order valence-corrected chi connectivity index (χ1v) is 6.86. The predicted molar refractivity (Wildman–Crippen MR) is 76.9 cm³/mol. The van der Waals surface area contributed by atoms with Gasteiger partial charge in [-0.2, -0.15) is 0 Å². The van der Waals surface area contributed by atoms with Crippen molar-refractivity contribution in [1.29, 1.82) is 0 Å². The van der Waals surface area contributed by atoms with Crippen molar-refractivity contribution < 1.29 is 9.18 Å². The van der Waals surface area contributed by atoms with Crippen molar-refractivity contribution in [3.8, 4) is 0 Å². The molecular formula is C15H15FN4O. The van der Waals surface area contributed by atoms with Gasteiger partial charge in [0.05, 0.1) is 12.4 Å². The normalized spacial score (nSPS) is 14.2. The number of rotatable bonds is 3. The second-order valence-electron chi connectivity index (χ2n) is 4.92. The van der Waals surface area contributed by atoms with Crippen molar-refractivity contribution in [1.82, 2.24) is 14.9 Å². The van der Waals surface area contributed by atoms with Gasteiger partial charge in [-0.3, -0.25) is 4.79 Å². The number of carbonyl (C=O) groups is 1. The molecule has 0 atom stereocenters. The number of carbonyl (C=O) groups excluding carboxylic acids is 1. The van der Waals surface area contributed by atoms with Crippen LogP contribution < -0.4 is 5.32 Å². The Bertz CT molecular complexity index is 638. The quantitative estimate of drug-likeness (QED) is 0.942. The number of aromatic nitrogens is 2. The maximum absolute atomic E-state index is 13.1. The Hall–Kier alpha value is -2.50. The number of halogens is 1. The minimum absolute atomic E-state index is 0.0858. The molecular weight excluding hydrogens is 271 g/mol. The van der Waals surface area contributed by atoms with Gasteiger partial charge in [-0.15, -0.1) is 0 Å². The van der Waals surface area contributed by atoms with Crippen molar-refractivity contribution in [3.63, 3.8) is 0 Å². The first-order chi connectivity index (χ1) is 10.2. The summed E-state index contributed by atoms with van der Waals surface area (Å²) in [5, 5.41) is 2.94. The van der Waals surface area contributed by atoms with E-state index in [0.29, 0.717) is 17.2 Å². The molecule has 108 valence electrons. The number of hydrogen-bond acceptors (Lipinski definition) is 4. The number of benzene rings is 1. The molecule has 2 aromatic rings. The van der Waals surface area contributed by atoms with Gasteiger partial charge in [0.25, 0.3) is 5.91 Å². The fraction of sp³-hybridized carbons (Fsp3) is 0.267. The molecule has 0 saturated carbocycles. The molecule has 0 radical (unpaired) electrons. The van der Waals surface area contributed by atoms with E-state index in [-0.39, 0.29) is 11.7 Å². The van der Waals surface area contributed by atoms with Crippen LogP contribution in [-0.2, 0) is 0 Å². The third-order valence-electron chi connectivity index (χ3n) is 3.36. The summed E-state index contributed by atoms with van der Waals surface area (Å²) in [4.78, 5) is 22.2. The number of nitrogens with one attached hydrogen (secondary N) is 1. The van der Waals surface area contributed by atoms with Gasteiger partial charge in [0.15, 0.2) is 0 Å². The summed E-state index contributed by atoms with van der Waals surface area (Å²) in [6.45, 7) is 1.56. The highest BCUT2D eigenvalue weighted by molar-refractivity contribution is 5.92. The molecule has 1 aliphatic rings. The van der Waals surface area contributed by atoms with Gasteiger partial charge in [-0.05, 0) is 31.0 Å². The van der Waals surface area contributed by atoms with E-state index in [1.807, 2.05) is 0 Å². The zero-order chi connectivity index (χ0) is 14.7. The Labute approximate surface area is 121 Å². The minimum Gasteiger partial charge on any atom is -0.339 e. The average Bonchev–Trinajstić information content (AvgIpc) is 3.01. The number of hydrogen-bond donors (Lipinski definition) is 1. The van der Waals surface area contributed by atoms with Crippen molar-refractivity contribution in [3.05, 3.63) is 48.2 Å². The monoisotopic (exact) mass is 286 g/mol. The van der Waals surface area contributed by atoms with Crippen molar-refractivity contribution >= 4 is 17.4 Å². The van der Waals surface area contributed by atoms with Gasteiger partial charge in [0.2, 0.25) is 0 Å². The summed E-state index contributed by atoms with van der Waals surface area (Å²) in [5.74, 6) is 0.0599. The van der Waals surface area contributed by atoms with Crippen LogP contribution in [0.5, 0.6) is 0 Å². The van der Waals surface area contributed by atoms with Gasteiger partial charge in [-0.1, -0.05) is 6.07 Å². The third kappa shape index (κ3) is 3.16. The number of anilines is 2. The van der Waals surface area contributed by atoms with E-state index < -0.39 is 0 Å². The Kier molecular flexibility index (Phi) is 3.77. The second-order valence-corrected chi connectivity index (χ2v) is 4.92. The standard InChI is InChI=1S/C15H15FN4O/c16-11-4-3-5-12(8-11)19-14-10-17-13(9-18-14)15(21)20-6-1-2-7-20/h3-5,8-10H,1-2,6-7H2,(H,18,19). The maximum Gasteiger partial charge on any atom is 0.274 e. The van der Waals surface area contributed by atoms with Crippen LogP contribution in [0.4, 0.5) is 15.9 Å². The van der Waals surface area contributed by atoms with E-state index in [1.54, 1.807) is 17.0 Å². The van der Waals surface area contributed by atoms with Crippen molar-refractivity contribution in [2.75, 3.05) is 18.4 Å². The minimum atomic E-state index is -0.325. The Morgan fingerprint density at radius 3 is 2.67 bits per heavy atom. The largest absolute Gasteiger partial charge is 0.339 e. The zero-order valence-electron chi connectivity index (χ0n) is 11.4. The average molecular weight is 286 g/mol. The van der Waals surface area contributed by atoms with E-state index >= 15 is 0 Å². The van der Waals surface area contributed by atoms with Crippen LogP contribution in [-0.4, -0.2) is 33.9 Å². The lowest BCUT2D eigenvalue weighted by atomic mass is 10.3. The number of likely N-dealkylation sites (tertiary alicyclic amines) is 1. The smallest absolute Gasteiger partial charge is 0.274 e. The topological polar surface area (TPSA) is 58.1 Å². The fourth-order valence-corrected chi connectivity index (χ4v) is 2.30. The lowest BCUT2D eigenvalue weighted by molar-refractivity contribution is 0.0786. The third-order valence-corrected chi connectivity index (χ3v) is 3.36. The first-order valence-electron chi connectivity index (χ1n) is 6.86. The van der Waals surface area contributed by atoms with Crippen LogP contribution in [0.15, 0.2) is 36.7 Å². The van der Waals surface area contributed by atoms with Gasteiger partial charge in [-0.25, -0.2) is 14.4 Å². The molecule has 3 rings (SSSR count). The molecule has 1 N–H and O–H groups in total. The Morgan fingerprint density at radius 1 is 1.19 bits per heavy atom. The summed E-state index contributed by atoms with van der Waals surface area (Å²) in [5.41, 5.74) is 0.921. The molecule has 1 saturated heterocycles. The molecule has 5 nitrogen and oxygen atoms in total. The summed E-state index contributed by atoms with van der Waals surface area (Å²) >= 11 is 0. The molecule has 1 fully saturated rings. The maximum atomic E-state index is 13.1. The van der Waals surface area contributed by atoms with Gasteiger partial charge in [0, 0.05) is 18.8 Å². The molecule has 1 aromatic carbocycles. The molecule has 0 aliphatic carbocycles. The van der Waals surface area contributed by atoms with E-state index in [4.69, 9.17) is 0 Å². The van der Waals surface area contributed by atoms with E-state index in [9.17, 15) is 9.18 Å². The van der Waals surface area contributed by atoms with Gasteiger partial charge in [0.1, 0.15) is 17.3 Å². The highest BCUT2D eigenvalue weighted by atomic mass is 19.1. The predicted octanol–water partition coefficient (Wildman–Crippen LogP) is 2.60. The lowest BCUT2D eigenvalue weighted by Gasteiger charge is -2.14. The molecule has 0 spiro atoms. The van der Waals surface area contributed by atoms with Crippen LogP contribution in [0.3, 0.4) is 0 Å². The van der Waals surface area contributed by atoms with E-state index in [0.717, 1.165) is 25.9 Å². The Morgan fingerprint density at radius 2 is 2.00 bits per heavy atom. The molecule has 6 heteroatoms. The van der Waals surface area contributed by atoms with E-state index in [1.165, 1.54) is 24.5 Å². The Balaban J connectivity index is 1.70. The molecule has 0 bridgehead atoms. The van der Waals surface area contributed by atoms with Crippen molar-refractivity contribution in [2.24, 2.45) is 0 Å². The highest BCUT2D eigenvalue weighted by Crippen LogP contribution is 2.16. The van der Waals surface area contributed by atoms with Crippen LogP contribution in [0.2, 0.25) is 0 Å². The summed E-state index contributed by atoms with van der Waals surface area (Å²) in [6, 6.07) is 6.07. The van der Waals surface area contributed by atoms with Crippen LogP contribution in [0.25, 0.3) is 0 Å². The van der Waals surface area contributed by atoms with Gasteiger partial charge < -0.3 is 10.2 Å². The van der Waals surface area contributed by atoms with Crippen LogP contribution in [0.1, 0.15) is 23.3 Å². The number of amides is 1. The molecule has 1 aromatic heterocycles. The number of nitrogens with zero attached hydrogens (tertiary/aromatic N) is 3. The fourth-order valence-electron chi connectivity index (χ4n) is 2.30. The van der Waals surface area contributed by atoms with Crippen LogP contribution in [0, 0.1) is 5.82 Å². The van der Waals surface area contributed by atoms with E-state index in [2.05, 4.69) is 15.3 Å². The summed E-state index contributed by atoms with van der Waals surface area (Å²) in [7, 11) is 0. The van der Waals surface area contributed by atoms with Crippen molar-refractivity contribution in [2.45, 2.75) is 12.8 Å². The zero-order valence-corrected chi connectivity index (χ0v) is 11.4. The molecule has 1 amide bonds. The second kappa shape index (κ2) is 5.87.